The SMILES string of the molecule is CCN=C(N(C)C)N1CCOC(COC)C1. The van der Waals surface area contributed by atoms with Crippen molar-refractivity contribution in [2.45, 2.75) is 13.0 Å². The zero-order valence-electron chi connectivity index (χ0n) is 10.8. The van der Waals surface area contributed by atoms with E-state index in [4.69, 9.17) is 9.47 Å². The third-order valence-electron chi connectivity index (χ3n) is 2.47. The van der Waals surface area contributed by atoms with Crippen molar-refractivity contribution in [1.29, 1.82) is 0 Å². The molecule has 0 aliphatic carbocycles. The summed E-state index contributed by atoms with van der Waals surface area (Å²) in [5, 5.41) is 0. The van der Waals surface area contributed by atoms with Gasteiger partial charge in [0.15, 0.2) is 5.96 Å². The molecule has 1 saturated heterocycles. The number of nitrogens with zero attached hydrogens (tertiary/aromatic N) is 3. The second kappa shape index (κ2) is 6.70. The van der Waals surface area contributed by atoms with Gasteiger partial charge in [-0.05, 0) is 6.92 Å². The first-order chi connectivity index (χ1) is 7.69. The highest BCUT2D eigenvalue weighted by molar-refractivity contribution is 5.79. The molecule has 1 heterocycles. The Kier molecular flexibility index (Phi) is 5.55. The third kappa shape index (κ3) is 3.64. The molecule has 0 N–H and O–H groups in total. The summed E-state index contributed by atoms with van der Waals surface area (Å²) >= 11 is 0. The second-order valence-electron chi connectivity index (χ2n) is 4.06. The normalized spacial score (nSPS) is 22.4. The Hall–Kier alpha value is -0.810. The van der Waals surface area contributed by atoms with Crippen LogP contribution in [0.1, 0.15) is 6.92 Å². The molecule has 1 atom stereocenters. The van der Waals surface area contributed by atoms with Crippen LogP contribution in [0.25, 0.3) is 0 Å². The summed E-state index contributed by atoms with van der Waals surface area (Å²) in [6, 6.07) is 0. The maximum Gasteiger partial charge on any atom is 0.196 e. The smallest absolute Gasteiger partial charge is 0.196 e. The standard InChI is InChI=1S/C11H23N3O2/c1-5-12-11(13(2)3)14-6-7-16-10(8-14)9-15-4/h10H,5-9H2,1-4H3. The average Bonchev–Trinajstić information content (AvgIpc) is 2.26. The van der Waals surface area contributed by atoms with Crippen LogP contribution in [-0.2, 0) is 9.47 Å². The molecule has 0 saturated carbocycles. The maximum absolute atomic E-state index is 5.62. The van der Waals surface area contributed by atoms with Crippen LogP contribution in [0.4, 0.5) is 0 Å². The van der Waals surface area contributed by atoms with Crippen LogP contribution in [0.5, 0.6) is 0 Å². The first-order valence-electron chi connectivity index (χ1n) is 5.76. The molecule has 0 aromatic heterocycles. The molecule has 94 valence electrons. The lowest BCUT2D eigenvalue weighted by atomic mass is 10.3. The van der Waals surface area contributed by atoms with Crippen LogP contribution in [0, 0.1) is 0 Å². The van der Waals surface area contributed by atoms with Crippen molar-refractivity contribution in [1.82, 2.24) is 9.80 Å². The van der Waals surface area contributed by atoms with Gasteiger partial charge in [0, 0.05) is 40.8 Å². The lowest BCUT2D eigenvalue weighted by Crippen LogP contribution is -2.51. The van der Waals surface area contributed by atoms with Gasteiger partial charge in [-0.3, -0.25) is 4.99 Å². The van der Waals surface area contributed by atoms with Crippen molar-refractivity contribution in [3.8, 4) is 0 Å². The number of aliphatic imine (C=N–C) groups is 1. The summed E-state index contributed by atoms with van der Waals surface area (Å²) in [4.78, 5) is 8.83. The van der Waals surface area contributed by atoms with Crippen LogP contribution in [0.3, 0.4) is 0 Å². The van der Waals surface area contributed by atoms with Gasteiger partial charge in [-0.2, -0.15) is 0 Å². The molecule has 0 aromatic carbocycles. The zero-order chi connectivity index (χ0) is 12.0. The van der Waals surface area contributed by atoms with Crippen LogP contribution in [0.15, 0.2) is 4.99 Å². The Bertz CT molecular complexity index is 229. The summed E-state index contributed by atoms with van der Waals surface area (Å²) in [5.41, 5.74) is 0. The molecule has 0 spiro atoms. The van der Waals surface area contributed by atoms with Crippen molar-refractivity contribution in [3.63, 3.8) is 0 Å². The van der Waals surface area contributed by atoms with Crippen LogP contribution in [-0.4, -0.2) is 75.9 Å². The Labute approximate surface area is 98.0 Å². The Balaban J connectivity index is 2.60. The highest BCUT2D eigenvalue weighted by Crippen LogP contribution is 2.07. The molecule has 0 amide bonds. The summed E-state index contributed by atoms with van der Waals surface area (Å²) in [6.07, 6.45) is 0.153. The summed E-state index contributed by atoms with van der Waals surface area (Å²) in [6.45, 7) is 5.99. The van der Waals surface area contributed by atoms with Gasteiger partial charge in [0.25, 0.3) is 0 Å². The van der Waals surface area contributed by atoms with Gasteiger partial charge >= 0.3 is 0 Å². The molecule has 1 rings (SSSR count). The van der Waals surface area contributed by atoms with E-state index >= 15 is 0 Å². The largest absolute Gasteiger partial charge is 0.382 e. The molecule has 16 heavy (non-hydrogen) atoms. The number of morpholine rings is 1. The van der Waals surface area contributed by atoms with Gasteiger partial charge in [0.2, 0.25) is 0 Å². The first-order valence-corrected chi connectivity index (χ1v) is 5.76. The Morgan fingerprint density at radius 1 is 1.56 bits per heavy atom. The molecule has 5 nitrogen and oxygen atoms in total. The fourth-order valence-corrected chi connectivity index (χ4v) is 1.85. The van der Waals surface area contributed by atoms with Crippen molar-refractivity contribution < 1.29 is 9.47 Å². The minimum absolute atomic E-state index is 0.153. The lowest BCUT2D eigenvalue weighted by Gasteiger charge is -2.36. The van der Waals surface area contributed by atoms with Gasteiger partial charge < -0.3 is 19.3 Å². The van der Waals surface area contributed by atoms with E-state index in [0.717, 1.165) is 32.2 Å². The summed E-state index contributed by atoms with van der Waals surface area (Å²) < 4.78 is 10.7. The van der Waals surface area contributed by atoms with Gasteiger partial charge in [-0.25, -0.2) is 0 Å². The van der Waals surface area contributed by atoms with E-state index in [9.17, 15) is 0 Å². The number of ether oxygens (including phenoxy) is 2. The van der Waals surface area contributed by atoms with E-state index in [1.54, 1.807) is 7.11 Å². The van der Waals surface area contributed by atoms with Crippen LogP contribution < -0.4 is 0 Å². The predicted octanol–water partition coefficient (Wildman–Crippen LogP) is 0.271. The molecule has 5 heteroatoms. The van der Waals surface area contributed by atoms with E-state index in [0.29, 0.717) is 6.61 Å². The minimum Gasteiger partial charge on any atom is -0.382 e. The molecule has 0 radical (unpaired) electrons. The maximum atomic E-state index is 5.62. The molecule has 0 bridgehead atoms. The molecular weight excluding hydrogens is 206 g/mol. The van der Waals surface area contributed by atoms with Gasteiger partial charge in [-0.1, -0.05) is 0 Å². The van der Waals surface area contributed by atoms with E-state index in [1.165, 1.54) is 0 Å². The predicted molar refractivity (Wildman–Crippen MR) is 64.9 cm³/mol. The van der Waals surface area contributed by atoms with Crippen molar-refractivity contribution in [3.05, 3.63) is 0 Å². The molecular formula is C11H23N3O2. The van der Waals surface area contributed by atoms with Crippen LogP contribution >= 0.6 is 0 Å². The fraction of sp³-hybridized carbons (Fsp3) is 0.909. The van der Waals surface area contributed by atoms with Crippen molar-refractivity contribution in [2.24, 2.45) is 4.99 Å². The zero-order valence-corrected chi connectivity index (χ0v) is 10.8. The van der Waals surface area contributed by atoms with E-state index in [-0.39, 0.29) is 6.10 Å². The number of guanidine groups is 1. The molecule has 1 aliphatic heterocycles. The lowest BCUT2D eigenvalue weighted by molar-refractivity contribution is -0.0459. The monoisotopic (exact) mass is 229 g/mol. The third-order valence-corrected chi connectivity index (χ3v) is 2.47. The number of hydrogen-bond acceptors (Lipinski definition) is 3. The van der Waals surface area contributed by atoms with E-state index in [2.05, 4.69) is 21.7 Å². The fourth-order valence-electron chi connectivity index (χ4n) is 1.85. The van der Waals surface area contributed by atoms with Crippen molar-refractivity contribution in [2.75, 3.05) is 54.1 Å². The second-order valence-corrected chi connectivity index (χ2v) is 4.06. The number of hydrogen-bond donors (Lipinski definition) is 0. The van der Waals surface area contributed by atoms with E-state index < -0.39 is 0 Å². The van der Waals surface area contributed by atoms with E-state index in [1.807, 2.05) is 14.1 Å². The molecule has 1 fully saturated rings. The topological polar surface area (TPSA) is 37.3 Å². The summed E-state index contributed by atoms with van der Waals surface area (Å²) in [7, 11) is 5.75. The highest BCUT2D eigenvalue weighted by atomic mass is 16.5. The van der Waals surface area contributed by atoms with Gasteiger partial charge in [-0.15, -0.1) is 0 Å². The Morgan fingerprint density at radius 2 is 2.31 bits per heavy atom. The summed E-state index contributed by atoms with van der Waals surface area (Å²) in [5.74, 6) is 1.03. The first kappa shape index (κ1) is 13.3. The average molecular weight is 229 g/mol. The number of rotatable bonds is 3. The molecule has 1 unspecified atom stereocenters. The van der Waals surface area contributed by atoms with Gasteiger partial charge in [0.1, 0.15) is 0 Å². The minimum atomic E-state index is 0.153. The molecule has 1 aliphatic rings. The number of methoxy groups -OCH3 is 1. The van der Waals surface area contributed by atoms with Crippen molar-refractivity contribution >= 4 is 5.96 Å². The molecule has 0 aromatic rings. The highest BCUT2D eigenvalue weighted by Gasteiger charge is 2.23. The van der Waals surface area contributed by atoms with Gasteiger partial charge in [0.05, 0.1) is 19.3 Å². The van der Waals surface area contributed by atoms with Crippen LogP contribution in [0.2, 0.25) is 0 Å². The Morgan fingerprint density at radius 3 is 2.88 bits per heavy atom. The quantitative estimate of drug-likeness (QED) is 0.514.